The number of hydrogen-bond acceptors (Lipinski definition) is 23. The Morgan fingerprint density at radius 3 is 1.06 bits per heavy atom. The molecule has 10 aliphatic heterocycles. The van der Waals surface area contributed by atoms with Crippen LogP contribution in [0.1, 0.15) is 299 Å². The lowest BCUT2D eigenvalue weighted by atomic mass is 9.97. The van der Waals surface area contributed by atoms with Crippen LogP contribution in [0.5, 0.6) is 0 Å². The van der Waals surface area contributed by atoms with E-state index in [2.05, 4.69) is 327 Å². The molecule has 5 atom stereocenters. The van der Waals surface area contributed by atoms with Gasteiger partial charge in [0, 0.05) is 343 Å². The van der Waals surface area contributed by atoms with Gasteiger partial charge in [-0.15, -0.1) is 0 Å². The monoisotopic (exact) mass is 2050 g/mol. The Morgan fingerprint density at radius 2 is 0.748 bits per heavy atom. The van der Waals surface area contributed by atoms with Gasteiger partial charge < -0.3 is 50.2 Å². The average molecular weight is 2050 g/mol. The van der Waals surface area contributed by atoms with Crippen molar-refractivity contribution in [3.05, 3.63) is 84.5 Å². The molecule has 10 fully saturated rings. The first-order valence-electron chi connectivity index (χ1n) is 54.3. The molecule has 143 heavy (non-hydrogen) atoms. The number of carbonyl (C=O) groups excluding carboxylic acids is 4. The second-order valence-electron chi connectivity index (χ2n) is 52.7. The first kappa shape index (κ1) is 130. The summed E-state index contributed by atoms with van der Waals surface area (Å²) in [4.78, 5) is 85.6. The molecule has 830 valence electrons. The average Bonchev–Trinajstić information content (AvgIpc) is 1.61. The molecular weight excluding hydrogens is 1830 g/mol. The van der Waals surface area contributed by atoms with Gasteiger partial charge in [-0.05, 0) is 316 Å². The number of carbonyl (C=O) groups is 4. The summed E-state index contributed by atoms with van der Waals surface area (Å²) in [6.45, 7) is 122. The number of hydrogen-bond donors (Lipinski definition) is 4. The predicted molar refractivity (Wildman–Crippen MR) is 605 cm³/mol. The van der Waals surface area contributed by atoms with Crippen LogP contribution in [0.3, 0.4) is 0 Å². The highest BCUT2D eigenvalue weighted by Gasteiger charge is 2.42. The topological polar surface area (TPSA) is 239 Å². The zero-order valence-corrected chi connectivity index (χ0v) is 100. The lowest BCUT2D eigenvalue weighted by molar-refractivity contribution is -0.138. The van der Waals surface area contributed by atoms with Gasteiger partial charge in [-0.3, -0.25) is 72.4 Å². The Balaban J connectivity index is 0.000000337. The molecule has 1 aromatic rings. The molecule has 1 aromatic carbocycles. The van der Waals surface area contributed by atoms with E-state index in [9.17, 15) is 42.0 Å². The number of sulfonamides is 1. The maximum absolute atomic E-state index is 12.7. The summed E-state index contributed by atoms with van der Waals surface area (Å²) in [6.07, 6.45) is 10.6. The number of piperazine rings is 9. The van der Waals surface area contributed by atoms with Crippen molar-refractivity contribution in [3.8, 4) is 0 Å². The Hall–Kier alpha value is -5.13. The van der Waals surface area contributed by atoms with Crippen LogP contribution in [-0.4, -0.2) is 453 Å². The van der Waals surface area contributed by atoms with Gasteiger partial charge >= 0.3 is 0 Å². The number of amides is 4. The third kappa shape index (κ3) is 47.1. The van der Waals surface area contributed by atoms with Crippen molar-refractivity contribution in [2.24, 2.45) is 5.92 Å². The Morgan fingerprint density at radius 1 is 0.427 bits per heavy atom. The summed E-state index contributed by atoms with van der Waals surface area (Å²) in [5.74, 6) is 5.09. The molecule has 5 unspecified atom stereocenters. The van der Waals surface area contributed by atoms with Crippen molar-refractivity contribution in [1.82, 2.24) is 93.3 Å². The summed E-state index contributed by atoms with van der Waals surface area (Å²) in [7, 11) is -5.11. The van der Waals surface area contributed by atoms with E-state index in [1.807, 2.05) is 65.1 Å². The van der Waals surface area contributed by atoms with Crippen LogP contribution in [0.15, 0.2) is 78.9 Å². The Kier molecular flexibility index (Phi) is 50.3. The van der Waals surface area contributed by atoms with Crippen LogP contribution >= 0.6 is 0 Å². The van der Waals surface area contributed by atoms with E-state index in [-0.39, 0.29) is 80.2 Å². The van der Waals surface area contributed by atoms with Crippen molar-refractivity contribution < 1.29 is 42.0 Å². The molecule has 1 saturated carbocycles. The number of nitrogens with zero attached hydrogens (tertiary/aromatic N) is 17. The Labute approximate surface area is 876 Å². The van der Waals surface area contributed by atoms with E-state index in [4.69, 9.17) is 0 Å². The normalized spacial score (nSPS) is 23.1. The van der Waals surface area contributed by atoms with Crippen LogP contribution in [-0.2, 0) is 33.9 Å². The number of rotatable bonds is 13. The molecule has 0 radical (unpaired) electrons. The molecule has 10 heterocycles. The summed E-state index contributed by atoms with van der Waals surface area (Å²) < 4.78 is 37.0. The van der Waals surface area contributed by atoms with Crippen LogP contribution in [0.4, 0.5) is 0 Å². The van der Waals surface area contributed by atoms with Gasteiger partial charge in [0.15, 0.2) is 0 Å². The molecule has 4 N–H and O–H groups in total. The van der Waals surface area contributed by atoms with E-state index < -0.39 is 30.7 Å². The molecule has 28 nitrogen and oxygen atoms in total. The first-order valence-corrected chi connectivity index (χ1v) is 58.1. The first-order chi connectivity index (χ1) is 65.1. The summed E-state index contributed by atoms with van der Waals surface area (Å²) in [5, 5.41) is 25.7. The lowest BCUT2D eigenvalue weighted by Crippen LogP contribution is -2.62. The quantitative estimate of drug-likeness (QED) is 0.134. The fraction of sp³-hybridized carbons (Fsp3) is 0.832. The highest BCUT2D eigenvalue weighted by Crippen LogP contribution is 2.34. The minimum Gasteiger partial charge on any atom is -0.390 e. The van der Waals surface area contributed by atoms with Crippen molar-refractivity contribution in [3.63, 3.8) is 0 Å². The number of β-amino-alcohol motifs (C(OH)–C–C–N with tert-alkyl or cyclic N) is 1. The van der Waals surface area contributed by atoms with Gasteiger partial charge in [0.2, 0.25) is 27.7 Å². The predicted octanol–water partition coefficient (Wildman–Crippen LogP) is 13.7. The van der Waals surface area contributed by atoms with Crippen molar-refractivity contribution in [2.45, 2.75) is 379 Å². The fourth-order valence-corrected chi connectivity index (χ4v) is 21.3. The Bertz CT molecular complexity index is 4250. The van der Waals surface area contributed by atoms with Crippen LogP contribution < -0.4 is 10.6 Å². The van der Waals surface area contributed by atoms with Gasteiger partial charge in [0.05, 0.1) is 22.9 Å². The van der Waals surface area contributed by atoms with Gasteiger partial charge in [0.25, 0.3) is 5.91 Å². The molecule has 1 aliphatic carbocycles. The molecular formula is C113H217N19O9S2. The number of allylic oxidation sites excluding steroid dienone is 3. The summed E-state index contributed by atoms with van der Waals surface area (Å²) in [5.41, 5.74) is 4.82. The van der Waals surface area contributed by atoms with Gasteiger partial charge in [-0.1, -0.05) is 31.4 Å². The van der Waals surface area contributed by atoms with Crippen molar-refractivity contribution in [2.75, 3.05) is 228 Å². The molecule has 12 rings (SSSR count). The largest absolute Gasteiger partial charge is 0.390 e. The maximum Gasteiger partial charge on any atom is 0.254 e. The van der Waals surface area contributed by atoms with Gasteiger partial charge in [0.1, 0.15) is 0 Å². The standard InChI is InChI=1S/C17H26N2O.C14H23N3.C14H30N2O.C13H26N2O2S.C13H26N2O2.C12H22N2O.C11H24N2O2S.C11H22N2.C8H18N2/c1-13-11-18(17(3,4)5)12-14(2)19(13)16(20)15-9-7-6-8-10-15;1-12-11-13(5-6-15-12)16-7-9-17(10-8-16)14(2,3)4;1-11-8-15(13(3,4)5)9-12(2)16(11)10-14(6,7)17;1-13(2,3)15-9-7-14(8-10-15)12(16)6-11-18(4,5)17;1-12(2,3)15-8-6-14(7-9-15)11(16)10-13(4,5)17;1-12(2,3)14-8-6-13(7-9-14)11(15)10-4-5-10;1-10(2)16(14,15)13-8-6-12(7-9-13)11(3,4)5;1-10(2)12-6-8-13(9-7-12)11(3,4)5;1-8(2,3)10-6-4-9-5-7-10/h6-10,13-14H,11-12H2,1-5H3;5-6,11,15H,1,7-10H2,2-4H3;11-12,17H,8-10H2,1-7H3;4,6-11H2,1-3,5H3;17H,6-10H2,1-5H3;10H,4-9H2,1-3H3;10H,6-9H2,1-5H3;1,6-9H2,2-5H3;9H,4-7H2,1-3H3. The summed E-state index contributed by atoms with van der Waals surface area (Å²) in [6, 6.07) is 11.1. The SMILES string of the molecule is C=C(C)N1CCN(C(C)(C)C)CC1.C=C1C=C(N2CCN(C(C)(C)C)CC2)C=CN1.C=S(C)(=O)CCC(=O)N1CCN(C(C)(C)C)CC1.CC(C)(C)N1CCN(C(=O)C2CC2)CC1.CC(C)(C)N1CCNCC1.CC(C)(O)CC(=O)N1CCN(C(C)(C)C)CC1.CC(C)S(=O)(=O)N1CCN(C(C)(C)C)CC1.CC1CN(C(C)(C)C)CC(C)N1C(=O)c1ccccc1.CC1CN(C(C)(C)C)CC(C)N1CC(C)(C)O. The molecule has 0 spiro atoms. The van der Waals surface area contributed by atoms with Crippen LogP contribution in [0.25, 0.3) is 0 Å². The molecule has 30 heteroatoms. The van der Waals surface area contributed by atoms with E-state index in [1.54, 1.807) is 38.3 Å². The molecule has 9 saturated heterocycles. The molecule has 4 amide bonds. The van der Waals surface area contributed by atoms with E-state index in [0.717, 1.165) is 214 Å². The third-order valence-corrected chi connectivity index (χ3v) is 32.5. The highest BCUT2D eigenvalue weighted by atomic mass is 32.2. The number of benzene rings is 1. The third-order valence-electron chi connectivity index (χ3n) is 29.1. The minimum atomic E-state index is -3.06. The van der Waals surface area contributed by atoms with E-state index in [0.29, 0.717) is 60.2 Å². The van der Waals surface area contributed by atoms with Gasteiger partial charge in [-0.2, -0.15) is 4.31 Å². The summed E-state index contributed by atoms with van der Waals surface area (Å²) >= 11 is 0. The van der Waals surface area contributed by atoms with Crippen molar-refractivity contribution >= 4 is 49.0 Å². The van der Waals surface area contributed by atoms with Crippen molar-refractivity contribution in [1.29, 1.82) is 0 Å². The second kappa shape index (κ2) is 55.2. The number of dihydropyridines is 1. The molecule has 0 bridgehead atoms. The number of aliphatic hydroxyl groups is 2. The zero-order chi connectivity index (χ0) is 109. The van der Waals surface area contributed by atoms with E-state index >= 15 is 0 Å². The van der Waals surface area contributed by atoms with Crippen LogP contribution in [0, 0.1) is 5.92 Å². The fourth-order valence-electron chi connectivity index (χ4n) is 19.4. The zero-order valence-electron chi connectivity index (χ0n) is 98.7. The number of nitrogens with one attached hydrogen (secondary N) is 2. The van der Waals surface area contributed by atoms with Crippen LogP contribution in [0.2, 0.25) is 0 Å². The molecule has 0 aromatic heterocycles. The molecule has 11 aliphatic rings. The lowest BCUT2D eigenvalue weighted by Gasteiger charge is -2.50. The minimum absolute atomic E-state index is 0.0612. The van der Waals surface area contributed by atoms with Gasteiger partial charge in [-0.25, -0.2) is 8.42 Å². The maximum atomic E-state index is 12.7. The highest BCUT2D eigenvalue weighted by molar-refractivity contribution is 7.99. The van der Waals surface area contributed by atoms with E-state index in [1.165, 1.54) is 24.5 Å². The smallest absolute Gasteiger partial charge is 0.254 e. The second-order valence-corrected chi connectivity index (χ2v) is 58.0.